The third kappa shape index (κ3) is 8.30. The quantitative estimate of drug-likeness (QED) is 0.626. The number of unbranched alkanes of at least 4 members (excludes halogenated alkanes) is 1. The molecule has 1 aromatic carbocycles. The molecule has 0 heterocycles. The SMILES string of the molecule is CCOCCCCNCCSCc1ccccc1C. The minimum atomic E-state index is 0.836. The first-order valence-electron chi connectivity index (χ1n) is 7.25. The van der Waals surface area contributed by atoms with Crippen molar-refractivity contribution in [3.63, 3.8) is 0 Å². The van der Waals surface area contributed by atoms with Gasteiger partial charge in [0.25, 0.3) is 0 Å². The number of ether oxygens (including phenoxy) is 1. The largest absolute Gasteiger partial charge is 0.382 e. The number of nitrogens with one attached hydrogen (secondary N) is 1. The van der Waals surface area contributed by atoms with Crippen molar-refractivity contribution in [2.24, 2.45) is 0 Å². The number of hydrogen-bond donors (Lipinski definition) is 1. The molecular weight excluding hydrogens is 254 g/mol. The van der Waals surface area contributed by atoms with Gasteiger partial charge in [-0.1, -0.05) is 24.3 Å². The van der Waals surface area contributed by atoms with Crippen molar-refractivity contribution in [3.05, 3.63) is 35.4 Å². The van der Waals surface area contributed by atoms with Crippen LogP contribution in [0.15, 0.2) is 24.3 Å². The molecule has 0 bridgehead atoms. The molecule has 0 spiro atoms. The molecule has 0 aromatic heterocycles. The smallest absolute Gasteiger partial charge is 0.0466 e. The summed E-state index contributed by atoms with van der Waals surface area (Å²) in [6.45, 7) is 8.18. The van der Waals surface area contributed by atoms with Crippen LogP contribution in [0.5, 0.6) is 0 Å². The highest BCUT2D eigenvalue weighted by Crippen LogP contribution is 2.15. The van der Waals surface area contributed by atoms with E-state index in [0.717, 1.165) is 38.5 Å². The Hall–Kier alpha value is -0.510. The van der Waals surface area contributed by atoms with Crippen LogP contribution in [0.3, 0.4) is 0 Å². The van der Waals surface area contributed by atoms with E-state index in [9.17, 15) is 0 Å². The van der Waals surface area contributed by atoms with Crippen molar-refractivity contribution < 1.29 is 4.74 Å². The summed E-state index contributed by atoms with van der Waals surface area (Å²) in [5, 5.41) is 3.49. The third-order valence-electron chi connectivity index (χ3n) is 3.04. The zero-order chi connectivity index (χ0) is 13.8. The highest BCUT2D eigenvalue weighted by atomic mass is 32.2. The summed E-state index contributed by atoms with van der Waals surface area (Å²) in [7, 11) is 0. The van der Waals surface area contributed by atoms with Gasteiger partial charge in [-0.15, -0.1) is 0 Å². The monoisotopic (exact) mass is 281 g/mol. The molecule has 0 atom stereocenters. The van der Waals surface area contributed by atoms with Gasteiger partial charge in [0.2, 0.25) is 0 Å². The predicted molar refractivity (Wildman–Crippen MR) is 85.9 cm³/mol. The van der Waals surface area contributed by atoms with Gasteiger partial charge in [0.05, 0.1) is 0 Å². The normalized spacial score (nSPS) is 10.8. The minimum absolute atomic E-state index is 0.836. The van der Waals surface area contributed by atoms with E-state index < -0.39 is 0 Å². The van der Waals surface area contributed by atoms with Gasteiger partial charge in [0.15, 0.2) is 0 Å². The van der Waals surface area contributed by atoms with Gasteiger partial charge in [-0.25, -0.2) is 0 Å². The molecule has 0 amide bonds. The molecular formula is C16H27NOS. The number of rotatable bonds is 11. The van der Waals surface area contributed by atoms with Crippen LogP contribution in [0.4, 0.5) is 0 Å². The summed E-state index contributed by atoms with van der Waals surface area (Å²) in [5.74, 6) is 2.30. The topological polar surface area (TPSA) is 21.3 Å². The van der Waals surface area contributed by atoms with Crippen molar-refractivity contribution in [2.45, 2.75) is 32.4 Å². The molecule has 0 radical (unpaired) electrons. The van der Waals surface area contributed by atoms with Gasteiger partial charge in [0, 0.05) is 31.3 Å². The lowest BCUT2D eigenvalue weighted by Crippen LogP contribution is -2.18. The molecule has 2 nitrogen and oxygen atoms in total. The van der Waals surface area contributed by atoms with Gasteiger partial charge in [0.1, 0.15) is 0 Å². The summed E-state index contributed by atoms with van der Waals surface area (Å²) >= 11 is 2.01. The molecule has 0 aliphatic heterocycles. The van der Waals surface area contributed by atoms with Crippen molar-refractivity contribution in [3.8, 4) is 0 Å². The second kappa shape index (κ2) is 11.3. The first-order valence-corrected chi connectivity index (χ1v) is 8.40. The van der Waals surface area contributed by atoms with Crippen LogP contribution in [0.2, 0.25) is 0 Å². The number of hydrogen-bond acceptors (Lipinski definition) is 3. The molecule has 1 aromatic rings. The van der Waals surface area contributed by atoms with Gasteiger partial charge < -0.3 is 10.1 Å². The highest BCUT2D eigenvalue weighted by molar-refractivity contribution is 7.98. The van der Waals surface area contributed by atoms with Crippen LogP contribution < -0.4 is 5.32 Å². The van der Waals surface area contributed by atoms with Crippen LogP contribution >= 0.6 is 11.8 Å². The Balaban J connectivity index is 1.90. The lowest BCUT2D eigenvalue weighted by molar-refractivity contribution is 0.143. The van der Waals surface area contributed by atoms with E-state index in [1.807, 2.05) is 18.7 Å². The molecule has 0 aliphatic rings. The Bertz CT molecular complexity index is 330. The van der Waals surface area contributed by atoms with Crippen LogP contribution in [0.25, 0.3) is 0 Å². The molecule has 1 rings (SSSR count). The van der Waals surface area contributed by atoms with Gasteiger partial charge >= 0.3 is 0 Å². The summed E-state index contributed by atoms with van der Waals surface area (Å²) < 4.78 is 5.31. The van der Waals surface area contributed by atoms with E-state index >= 15 is 0 Å². The molecule has 0 aliphatic carbocycles. The van der Waals surface area contributed by atoms with Crippen molar-refractivity contribution in [1.82, 2.24) is 5.32 Å². The Morgan fingerprint density at radius 3 is 2.79 bits per heavy atom. The van der Waals surface area contributed by atoms with E-state index in [2.05, 4.69) is 36.5 Å². The first kappa shape index (κ1) is 16.5. The Morgan fingerprint density at radius 1 is 1.16 bits per heavy atom. The standard InChI is InChI=1S/C16H27NOS/c1-3-18-12-7-6-10-17-11-13-19-14-16-9-5-4-8-15(16)2/h4-5,8-9,17H,3,6-7,10-14H2,1-2H3. The average Bonchev–Trinajstić information content (AvgIpc) is 2.43. The van der Waals surface area contributed by atoms with E-state index in [4.69, 9.17) is 4.74 Å². The first-order chi connectivity index (χ1) is 9.34. The second-order valence-electron chi connectivity index (χ2n) is 4.63. The van der Waals surface area contributed by atoms with E-state index in [0.29, 0.717) is 0 Å². The Morgan fingerprint density at radius 2 is 2.00 bits per heavy atom. The minimum Gasteiger partial charge on any atom is -0.382 e. The number of thioether (sulfide) groups is 1. The van der Waals surface area contributed by atoms with E-state index in [-0.39, 0.29) is 0 Å². The zero-order valence-corrected chi connectivity index (χ0v) is 13.1. The molecule has 1 N–H and O–H groups in total. The lowest BCUT2D eigenvalue weighted by Gasteiger charge is -2.07. The summed E-state index contributed by atoms with van der Waals surface area (Å²) in [4.78, 5) is 0. The third-order valence-corrected chi connectivity index (χ3v) is 4.05. The molecule has 0 unspecified atom stereocenters. The Labute approximate surface area is 122 Å². The van der Waals surface area contributed by atoms with Crippen LogP contribution in [-0.2, 0) is 10.5 Å². The number of benzene rings is 1. The van der Waals surface area contributed by atoms with Crippen LogP contribution in [-0.4, -0.2) is 32.1 Å². The second-order valence-corrected chi connectivity index (χ2v) is 5.74. The molecule has 0 fully saturated rings. The maximum absolute atomic E-state index is 5.31. The van der Waals surface area contributed by atoms with Crippen LogP contribution in [0.1, 0.15) is 30.9 Å². The maximum atomic E-state index is 5.31. The fourth-order valence-corrected chi connectivity index (χ4v) is 2.80. The summed E-state index contributed by atoms with van der Waals surface area (Å²) in [5.41, 5.74) is 2.86. The predicted octanol–water partition coefficient (Wildman–Crippen LogP) is 3.63. The van der Waals surface area contributed by atoms with Crippen molar-refractivity contribution >= 4 is 11.8 Å². The molecule has 3 heteroatoms. The Kier molecular flexibility index (Phi) is 9.86. The van der Waals surface area contributed by atoms with Gasteiger partial charge in [-0.05, 0) is 44.4 Å². The maximum Gasteiger partial charge on any atom is 0.0466 e. The molecule has 19 heavy (non-hydrogen) atoms. The molecule has 0 saturated carbocycles. The highest BCUT2D eigenvalue weighted by Gasteiger charge is 1.97. The average molecular weight is 281 g/mol. The number of aryl methyl sites for hydroxylation is 1. The van der Waals surface area contributed by atoms with Gasteiger partial charge in [-0.2, -0.15) is 11.8 Å². The zero-order valence-electron chi connectivity index (χ0n) is 12.3. The summed E-state index contributed by atoms with van der Waals surface area (Å²) in [6, 6.07) is 8.64. The lowest BCUT2D eigenvalue weighted by atomic mass is 10.1. The van der Waals surface area contributed by atoms with Crippen LogP contribution in [0, 0.1) is 6.92 Å². The molecule has 0 saturated heterocycles. The fraction of sp³-hybridized carbons (Fsp3) is 0.625. The summed E-state index contributed by atoms with van der Waals surface area (Å²) in [6.07, 6.45) is 2.37. The van der Waals surface area contributed by atoms with E-state index in [1.165, 1.54) is 23.3 Å². The molecule has 108 valence electrons. The van der Waals surface area contributed by atoms with Crippen molar-refractivity contribution in [2.75, 3.05) is 32.1 Å². The van der Waals surface area contributed by atoms with Gasteiger partial charge in [-0.3, -0.25) is 0 Å². The fourth-order valence-electron chi connectivity index (χ4n) is 1.82. The van der Waals surface area contributed by atoms with Crippen molar-refractivity contribution in [1.29, 1.82) is 0 Å². The van der Waals surface area contributed by atoms with E-state index in [1.54, 1.807) is 0 Å².